The monoisotopic (exact) mass is 208 g/mol. The molecule has 0 fully saturated rings. The SMILES string of the molecule is Cc1nc(C#CCC(N)=O)c([N+](=O)[O-])[nH]1. The highest BCUT2D eigenvalue weighted by Crippen LogP contribution is 2.12. The van der Waals surface area contributed by atoms with Crippen LogP contribution in [-0.4, -0.2) is 20.8 Å². The number of aryl methyl sites for hydroxylation is 1. The fourth-order valence-corrected chi connectivity index (χ4v) is 0.913. The van der Waals surface area contributed by atoms with E-state index in [0.29, 0.717) is 5.82 Å². The molecular formula is C8H8N4O3. The maximum atomic E-state index is 10.5. The lowest BCUT2D eigenvalue weighted by atomic mass is 10.3. The van der Waals surface area contributed by atoms with Crippen LogP contribution in [-0.2, 0) is 4.79 Å². The zero-order valence-corrected chi connectivity index (χ0v) is 7.90. The van der Waals surface area contributed by atoms with Crippen molar-refractivity contribution in [2.24, 2.45) is 5.73 Å². The number of hydrogen-bond donors (Lipinski definition) is 2. The third-order valence-electron chi connectivity index (χ3n) is 1.46. The Morgan fingerprint density at radius 3 is 2.93 bits per heavy atom. The number of aromatic amines is 1. The number of carbonyl (C=O) groups excluding carboxylic acids is 1. The predicted molar refractivity (Wildman–Crippen MR) is 50.7 cm³/mol. The third-order valence-corrected chi connectivity index (χ3v) is 1.46. The molecule has 1 aromatic heterocycles. The first-order valence-electron chi connectivity index (χ1n) is 3.99. The highest BCUT2D eigenvalue weighted by atomic mass is 16.6. The van der Waals surface area contributed by atoms with E-state index in [9.17, 15) is 14.9 Å². The minimum absolute atomic E-state index is 0.0127. The lowest BCUT2D eigenvalue weighted by Crippen LogP contribution is -2.08. The Kier molecular flexibility index (Phi) is 3.03. The molecule has 0 saturated carbocycles. The summed E-state index contributed by atoms with van der Waals surface area (Å²) in [5.41, 5.74) is 4.87. The summed E-state index contributed by atoms with van der Waals surface area (Å²) >= 11 is 0. The van der Waals surface area contributed by atoms with Crippen LogP contribution in [0, 0.1) is 28.9 Å². The molecule has 1 aromatic rings. The van der Waals surface area contributed by atoms with Crippen LogP contribution in [0.3, 0.4) is 0 Å². The summed E-state index contributed by atoms with van der Waals surface area (Å²) in [5, 5.41) is 10.5. The van der Waals surface area contributed by atoms with Gasteiger partial charge in [-0.15, -0.1) is 0 Å². The van der Waals surface area contributed by atoms with Crippen molar-refractivity contribution in [3.05, 3.63) is 21.6 Å². The number of carbonyl (C=O) groups is 1. The normalized spacial score (nSPS) is 9.13. The average Bonchev–Trinajstić information content (AvgIpc) is 2.46. The lowest BCUT2D eigenvalue weighted by Gasteiger charge is -1.88. The second kappa shape index (κ2) is 4.23. The van der Waals surface area contributed by atoms with Gasteiger partial charge in [0.1, 0.15) is 0 Å². The van der Waals surface area contributed by atoms with Crippen LogP contribution in [0.1, 0.15) is 17.9 Å². The lowest BCUT2D eigenvalue weighted by molar-refractivity contribution is -0.389. The summed E-state index contributed by atoms with van der Waals surface area (Å²) in [7, 11) is 0. The van der Waals surface area contributed by atoms with Crippen molar-refractivity contribution in [1.29, 1.82) is 0 Å². The summed E-state index contributed by atoms with van der Waals surface area (Å²) in [6, 6.07) is 0. The number of amides is 1. The van der Waals surface area contributed by atoms with E-state index in [2.05, 4.69) is 21.8 Å². The molecule has 15 heavy (non-hydrogen) atoms. The molecule has 0 aliphatic carbocycles. The number of primary amides is 1. The van der Waals surface area contributed by atoms with Gasteiger partial charge < -0.3 is 15.8 Å². The van der Waals surface area contributed by atoms with Gasteiger partial charge in [-0.1, -0.05) is 5.92 Å². The van der Waals surface area contributed by atoms with Crippen molar-refractivity contribution in [1.82, 2.24) is 9.97 Å². The van der Waals surface area contributed by atoms with Gasteiger partial charge in [-0.25, -0.2) is 4.98 Å². The molecule has 0 aliphatic rings. The quantitative estimate of drug-likeness (QED) is 0.399. The van der Waals surface area contributed by atoms with E-state index in [0.717, 1.165) is 0 Å². The maximum Gasteiger partial charge on any atom is 0.356 e. The van der Waals surface area contributed by atoms with Crippen molar-refractivity contribution in [2.45, 2.75) is 13.3 Å². The molecule has 7 nitrogen and oxygen atoms in total. The van der Waals surface area contributed by atoms with Gasteiger partial charge in [0, 0.05) is 6.92 Å². The molecule has 0 unspecified atom stereocenters. The molecule has 78 valence electrons. The van der Waals surface area contributed by atoms with Crippen molar-refractivity contribution < 1.29 is 9.72 Å². The first-order valence-corrected chi connectivity index (χ1v) is 3.99. The molecule has 0 aliphatic heterocycles. The van der Waals surface area contributed by atoms with Gasteiger partial charge in [0.15, 0.2) is 5.82 Å². The highest BCUT2D eigenvalue weighted by molar-refractivity contribution is 5.76. The molecule has 0 atom stereocenters. The number of nitro groups is 1. The Balaban J connectivity index is 2.96. The molecule has 1 heterocycles. The first-order chi connectivity index (χ1) is 7.00. The number of imidazole rings is 1. The second-order valence-corrected chi connectivity index (χ2v) is 2.72. The smallest absolute Gasteiger partial charge is 0.356 e. The zero-order chi connectivity index (χ0) is 11.4. The molecule has 3 N–H and O–H groups in total. The van der Waals surface area contributed by atoms with Crippen LogP contribution in [0.15, 0.2) is 0 Å². The van der Waals surface area contributed by atoms with Gasteiger partial charge in [-0.05, 0) is 10.8 Å². The van der Waals surface area contributed by atoms with E-state index in [4.69, 9.17) is 5.73 Å². The first kappa shape index (κ1) is 10.7. The summed E-state index contributed by atoms with van der Waals surface area (Å²) in [6.45, 7) is 1.58. The minimum atomic E-state index is -0.617. The minimum Gasteiger partial charge on any atom is -0.369 e. The molecule has 0 spiro atoms. The van der Waals surface area contributed by atoms with E-state index >= 15 is 0 Å². The molecule has 0 bridgehead atoms. The van der Waals surface area contributed by atoms with Gasteiger partial charge in [0.2, 0.25) is 11.6 Å². The number of nitrogens with one attached hydrogen (secondary N) is 1. The van der Waals surface area contributed by atoms with Gasteiger partial charge in [0.25, 0.3) is 0 Å². The second-order valence-electron chi connectivity index (χ2n) is 2.72. The standard InChI is InChI=1S/C8H8N4O3/c1-5-10-6(3-2-4-7(9)13)8(11-5)12(14)15/h4H2,1H3,(H2,9,13)(H,10,11). The van der Waals surface area contributed by atoms with Crippen LogP contribution in [0.25, 0.3) is 0 Å². The Labute approximate surface area is 84.8 Å². The summed E-state index contributed by atoms with van der Waals surface area (Å²) in [5.74, 6) is 4.34. The molecule has 0 aromatic carbocycles. The molecule has 1 rings (SSSR count). The largest absolute Gasteiger partial charge is 0.369 e. The van der Waals surface area contributed by atoms with Crippen LogP contribution in [0.2, 0.25) is 0 Å². The topological polar surface area (TPSA) is 115 Å². The van der Waals surface area contributed by atoms with Crippen LogP contribution in [0.4, 0.5) is 5.82 Å². The average molecular weight is 208 g/mol. The van der Waals surface area contributed by atoms with E-state index < -0.39 is 10.8 Å². The molecule has 0 saturated heterocycles. The number of nitrogens with zero attached hydrogens (tertiary/aromatic N) is 2. The number of H-pyrrole nitrogens is 1. The Morgan fingerprint density at radius 1 is 1.73 bits per heavy atom. The van der Waals surface area contributed by atoms with Gasteiger partial charge >= 0.3 is 5.82 Å². The Morgan fingerprint density at radius 2 is 2.40 bits per heavy atom. The van der Waals surface area contributed by atoms with Gasteiger partial charge in [-0.2, -0.15) is 4.98 Å². The molecule has 7 heteroatoms. The predicted octanol–water partition coefficient (Wildman–Crippen LogP) is -0.147. The Hall–Kier alpha value is -2.36. The highest BCUT2D eigenvalue weighted by Gasteiger charge is 2.15. The number of rotatable bonds is 2. The Bertz CT molecular complexity index is 466. The third kappa shape index (κ3) is 2.80. The molecule has 0 radical (unpaired) electrons. The fraction of sp³-hybridized carbons (Fsp3) is 0.250. The van der Waals surface area contributed by atoms with Gasteiger partial charge in [0.05, 0.1) is 6.42 Å². The maximum absolute atomic E-state index is 10.5. The van der Waals surface area contributed by atoms with Crippen molar-refractivity contribution in [2.75, 3.05) is 0 Å². The van der Waals surface area contributed by atoms with Crippen LogP contribution >= 0.6 is 0 Å². The van der Waals surface area contributed by atoms with E-state index in [1.165, 1.54) is 0 Å². The van der Waals surface area contributed by atoms with Crippen LogP contribution < -0.4 is 5.73 Å². The summed E-state index contributed by atoms with van der Waals surface area (Å²) < 4.78 is 0. The van der Waals surface area contributed by atoms with E-state index in [-0.39, 0.29) is 17.9 Å². The van der Waals surface area contributed by atoms with E-state index in [1.807, 2.05) is 0 Å². The number of hydrogen-bond acceptors (Lipinski definition) is 4. The zero-order valence-electron chi connectivity index (χ0n) is 7.90. The van der Waals surface area contributed by atoms with Gasteiger partial charge in [-0.3, -0.25) is 4.79 Å². The van der Waals surface area contributed by atoms with Crippen molar-refractivity contribution in [3.63, 3.8) is 0 Å². The molecule has 1 amide bonds. The van der Waals surface area contributed by atoms with Crippen molar-refractivity contribution in [3.8, 4) is 11.8 Å². The van der Waals surface area contributed by atoms with Crippen LogP contribution in [0.5, 0.6) is 0 Å². The van der Waals surface area contributed by atoms with Crippen molar-refractivity contribution >= 4 is 11.7 Å². The molecular weight excluding hydrogens is 200 g/mol. The number of aromatic nitrogens is 2. The van der Waals surface area contributed by atoms with E-state index in [1.54, 1.807) is 6.92 Å². The summed E-state index contributed by atoms with van der Waals surface area (Å²) in [4.78, 5) is 26.5. The summed E-state index contributed by atoms with van der Waals surface area (Å²) in [6.07, 6.45) is -0.150. The number of nitrogens with two attached hydrogens (primary N) is 1. The fourth-order valence-electron chi connectivity index (χ4n) is 0.913.